The van der Waals surface area contributed by atoms with E-state index in [1.165, 1.54) is 6.07 Å². The lowest BCUT2D eigenvalue weighted by Crippen LogP contribution is -2.54. The highest BCUT2D eigenvalue weighted by atomic mass is 19.1. The third kappa shape index (κ3) is 2.93. The highest BCUT2D eigenvalue weighted by Gasteiger charge is 2.44. The zero-order chi connectivity index (χ0) is 14.8. The van der Waals surface area contributed by atoms with Crippen LogP contribution in [0.2, 0.25) is 0 Å². The quantitative estimate of drug-likeness (QED) is 0.866. The number of aryl methyl sites for hydroxylation is 1. The Labute approximate surface area is 118 Å². The van der Waals surface area contributed by atoms with Crippen LogP contribution in [0.4, 0.5) is 4.39 Å². The number of nitrogens with one attached hydrogen (secondary N) is 1. The number of hydrogen-bond acceptors (Lipinski definition) is 3. The van der Waals surface area contributed by atoms with E-state index in [-0.39, 0.29) is 17.8 Å². The minimum absolute atomic E-state index is 0.122. The van der Waals surface area contributed by atoms with Gasteiger partial charge in [0.1, 0.15) is 23.2 Å². The first-order valence-electron chi connectivity index (χ1n) is 6.94. The molecule has 1 aliphatic carbocycles. The monoisotopic (exact) mass is 280 g/mol. The van der Waals surface area contributed by atoms with E-state index in [1.807, 2.05) is 6.92 Å². The predicted molar refractivity (Wildman–Crippen MR) is 75.0 cm³/mol. The predicted octanol–water partition coefficient (Wildman–Crippen LogP) is 1.90. The molecule has 1 amide bonds. The standard InChI is InChI=1S/C15H21FN2O2/c1-3-18-15(14(17)19)7-6-12(9-15)20-11-5-4-10(2)13(16)8-11/h4-5,8,12,18H,3,6-7,9H2,1-2H3,(H2,17,19). The van der Waals surface area contributed by atoms with Crippen LogP contribution in [-0.2, 0) is 4.79 Å². The van der Waals surface area contributed by atoms with Crippen molar-refractivity contribution in [2.45, 2.75) is 44.8 Å². The van der Waals surface area contributed by atoms with Crippen LogP contribution in [0.1, 0.15) is 31.7 Å². The van der Waals surface area contributed by atoms with Crippen molar-refractivity contribution in [3.8, 4) is 5.75 Å². The third-order valence-corrected chi connectivity index (χ3v) is 3.90. The molecule has 0 bridgehead atoms. The van der Waals surface area contributed by atoms with Crippen molar-refractivity contribution >= 4 is 5.91 Å². The average molecular weight is 280 g/mol. The molecule has 1 saturated carbocycles. The number of benzene rings is 1. The SMILES string of the molecule is CCNC1(C(N)=O)CCC(Oc2ccc(C)c(F)c2)C1. The number of carbonyl (C=O) groups is 1. The first kappa shape index (κ1) is 14.8. The number of nitrogens with two attached hydrogens (primary N) is 1. The summed E-state index contributed by atoms with van der Waals surface area (Å²) in [7, 11) is 0. The first-order chi connectivity index (χ1) is 9.47. The summed E-state index contributed by atoms with van der Waals surface area (Å²) in [4.78, 5) is 11.7. The fourth-order valence-corrected chi connectivity index (χ4v) is 2.75. The number of hydrogen-bond donors (Lipinski definition) is 2. The van der Waals surface area contributed by atoms with Crippen LogP contribution in [0.5, 0.6) is 5.75 Å². The molecule has 2 rings (SSSR count). The number of ether oxygens (including phenoxy) is 1. The molecule has 1 aromatic rings. The van der Waals surface area contributed by atoms with Gasteiger partial charge in [0.25, 0.3) is 0 Å². The van der Waals surface area contributed by atoms with Crippen molar-refractivity contribution in [2.24, 2.45) is 5.73 Å². The topological polar surface area (TPSA) is 64.3 Å². The maximum absolute atomic E-state index is 13.5. The summed E-state index contributed by atoms with van der Waals surface area (Å²) >= 11 is 0. The molecule has 1 aliphatic rings. The van der Waals surface area contributed by atoms with E-state index in [1.54, 1.807) is 19.1 Å². The van der Waals surface area contributed by atoms with Crippen molar-refractivity contribution in [3.05, 3.63) is 29.6 Å². The molecule has 1 aromatic carbocycles. The van der Waals surface area contributed by atoms with Crippen molar-refractivity contribution in [1.82, 2.24) is 5.32 Å². The van der Waals surface area contributed by atoms with Crippen LogP contribution >= 0.6 is 0 Å². The van der Waals surface area contributed by atoms with Gasteiger partial charge in [0.05, 0.1) is 0 Å². The van der Waals surface area contributed by atoms with Gasteiger partial charge in [-0.25, -0.2) is 4.39 Å². The molecular formula is C15H21FN2O2. The highest BCUT2D eigenvalue weighted by molar-refractivity contribution is 5.85. The molecule has 2 unspecified atom stereocenters. The van der Waals surface area contributed by atoms with Gasteiger partial charge in [0, 0.05) is 12.5 Å². The van der Waals surface area contributed by atoms with Crippen LogP contribution in [-0.4, -0.2) is 24.1 Å². The molecule has 5 heteroatoms. The van der Waals surface area contributed by atoms with Gasteiger partial charge in [-0.2, -0.15) is 0 Å². The Bertz CT molecular complexity index is 507. The normalized spacial score (nSPS) is 25.6. The second-order valence-electron chi connectivity index (χ2n) is 5.37. The Morgan fingerprint density at radius 2 is 2.35 bits per heavy atom. The molecule has 0 radical (unpaired) electrons. The summed E-state index contributed by atoms with van der Waals surface area (Å²) in [6.07, 6.45) is 1.77. The first-order valence-corrected chi connectivity index (χ1v) is 6.94. The molecule has 4 nitrogen and oxygen atoms in total. The number of carbonyl (C=O) groups excluding carboxylic acids is 1. The molecule has 3 N–H and O–H groups in total. The maximum Gasteiger partial charge on any atom is 0.237 e. The van der Waals surface area contributed by atoms with E-state index >= 15 is 0 Å². The third-order valence-electron chi connectivity index (χ3n) is 3.90. The van der Waals surface area contributed by atoms with Gasteiger partial charge in [-0.15, -0.1) is 0 Å². The molecular weight excluding hydrogens is 259 g/mol. The summed E-state index contributed by atoms with van der Waals surface area (Å²) < 4.78 is 19.3. The van der Waals surface area contributed by atoms with Crippen LogP contribution < -0.4 is 15.8 Å². The van der Waals surface area contributed by atoms with Gasteiger partial charge in [-0.05, 0) is 37.9 Å². The second kappa shape index (κ2) is 5.79. The van der Waals surface area contributed by atoms with E-state index in [0.29, 0.717) is 30.7 Å². The fraction of sp³-hybridized carbons (Fsp3) is 0.533. The van der Waals surface area contributed by atoms with Gasteiger partial charge in [-0.3, -0.25) is 4.79 Å². The number of primary amides is 1. The van der Waals surface area contributed by atoms with E-state index in [0.717, 1.165) is 6.42 Å². The number of likely N-dealkylation sites (N-methyl/N-ethyl adjacent to an activating group) is 1. The lowest BCUT2D eigenvalue weighted by atomic mass is 9.96. The summed E-state index contributed by atoms with van der Waals surface area (Å²) in [5, 5.41) is 3.17. The second-order valence-corrected chi connectivity index (χ2v) is 5.37. The minimum atomic E-state index is -0.692. The van der Waals surface area contributed by atoms with Crippen molar-refractivity contribution in [1.29, 1.82) is 0 Å². The fourth-order valence-electron chi connectivity index (χ4n) is 2.75. The Morgan fingerprint density at radius 3 is 2.95 bits per heavy atom. The van der Waals surface area contributed by atoms with Gasteiger partial charge < -0.3 is 15.8 Å². The Hall–Kier alpha value is -1.62. The number of amides is 1. The molecule has 0 aromatic heterocycles. The summed E-state index contributed by atoms with van der Waals surface area (Å²) in [5.41, 5.74) is 5.40. The molecule has 20 heavy (non-hydrogen) atoms. The molecule has 0 spiro atoms. The zero-order valence-corrected chi connectivity index (χ0v) is 11.9. The molecule has 2 atom stereocenters. The Balaban J connectivity index is 2.05. The number of rotatable bonds is 5. The van der Waals surface area contributed by atoms with Crippen molar-refractivity contribution < 1.29 is 13.9 Å². The zero-order valence-electron chi connectivity index (χ0n) is 11.9. The molecule has 1 fully saturated rings. The van der Waals surface area contributed by atoms with Gasteiger partial charge in [0.15, 0.2) is 0 Å². The summed E-state index contributed by atoms with van der Waals surface area (Å²) in [5.74, 6) is -0.135. The lowest BCUT2D eigenvalue weighted by Gasteiger charge is -2.26. The van der Waals surface area contributed by atoms with Gasteiger partial charge >= 0.3 is 0 Å². The van der Waals surface area contributed by atoms with Crippen molar-refractivity contribution in [2.75, 3.05) is 6.54 Å². The average Bonchev–Trinajstić information content (AvgIpc) is 2.79. The maximum atomic E-state index is 13.5. The Kier molecular flexibility index (Phi) is 4.28. The summed E-state index contributed by atoms with van der Waals surface area (Å²) in [6, 6.07) is 4.81. The highest BCUT2D eigenvalue weighted by Crippen LogP contribution is 2.33. The van der Waals surface area contributed by atoms with E-state index < -0.39 is 5.54 Å². The largest absolute Gasteiger partial charge is 0.490 e. The van der Waals surface area contributed by atoms with Crippen LogP contribution in [0.15, 0.2) is 18.2 Å². The Morgan fingerprint density at radius 1 is 1.60 bits per heavy atom. The molecule has 110 valence electrons. The van der Waals surface area contributed by atoms with Crippen LogP contribution in [0, 0.1) is 12.7 Å². The molecule has 0 aliphatic heterocycles. The van der Waals surface area contributed by atoms with E-state index in [9.17, 15) is 9.18 Å². The summed E-state index contributed by atoms with van der Waals surface area (Å²) in [6.45, 7) is 4.32. The van der Waals surface area contributed by atoms with Gasteiger partial charge in [0.2, 0.25) is 5.91 Å². The van der Waals surface area contributed by atoms with Gasteiger partial charge in [-0.1, -0.05) is 13.0 Å². The molecule has 0 saturated heterocycles. The van der Waals surface area contributed by atoms with Crippen LogP contribution in [0.25, 0.3) is 0 Å². The van der Waals surface area contributed by atoms with Crippen LogP contribution in [0.3, 0.4) is 0 Å². The van der Waals surface area contributed by atoms with E-state index in [2.05, 4.69) is 5.32 Å². The number of halogens is 1. The smallest absolute Gasteiger partial charge is 0.237 e. The van der Waals surface area contributed by atoms with E-state index in [4.69, 9.17) is 10.5 Å². The lowest BCUT2D eigenvalue weighted by molar-refractivity contribution is -0.124. The minimum Gasteiger partial charge on any atom is -0.490 e. The molecule has 0 heterocycles. The van der Waals surface area contributed by atoms with Crippen molar-refractivity contribution in [3.63, 3.8) is 0 Å².